The fraction of sp³-hybridized carbons (Fsp3) is 0.391. The molecule has 1 aliphatic heterocycles. The summed E-state index contributed by atoms with van der Waals surface area (Å²) in [6.45, 7) is 7.70. The number of carbonyl (C=O) groups is 1. The molecule has 1 amide bonds. The van der Waals surface area contributed by atoms with Gasteiger partial charge in [0.25, 0.3) is 5.91 Å². The number of pyridine rings is 1. The molecule has 148 valence electrons. The number of likely N-dealkylation sites (tertiary alicyclic amines) is 1. The third-order valence-electron chi connectivity index (χ3n) is 4.91. The van der Waals surface area contributed by atoms with Gasteiger partial charge < -0.3 is 10.1 Å². The number of allylic oxidation sites excluding steroid dienone is 1. The minimum atomic E-state index is -0.0605. The molecular weight excluding hydrogens is 350 g/mol. The summed E-state index contributed by atoms with van der Waals surface area (Å²) in [4.78, 5) is 19.3. The molecule has 1 aromatic carbocycles. The lowest BCUT2D eigenvalue weighted by Crippen LogP contribution is -2.44. The molecule has 2 heterocycles. The minimum Gasteiger partial charge on any atom is -0.473 e. The quantitative estimate of drug-likeness (QED) is 0.743. The van der Waals surface area contributed by atoms with Crippen molar-refractivity contribution < 1.29 is 9.53 Å². The first-order valence-electron chi connectivity index (χ1n) is 9.89. The van der Waals surface area contributed by atoms with Crippen molar-refractivity contribution >= 4 is 5.91 Å². The average Bonchev–Trinajstić information content (AvgIpc) is 2.72. The highest BCUT2D eigenvalue weighted by molar-refractivity contribution is 5.94. The molecule has 28 heavy (non-hydrogen) atoms. The van der Waals surface area contributed by atoms with Crippen molar-refractivity contribution in [2.24, 2.45) is 0 Å². The van der Waals surface area contributed by atoms with Crippen LogP contribution >= 0.6 is 0 Å². The van der Waals surface area contributed by atoms with Crippen molar-refractivity contribution in [3.05, 3.63) is 71.4 Å². The Morgan fingerprint density at radius 1 is 1.21 bits per heavy atom. The van der Waals surface area contributed by atoms with E-state index in [-0.39, 0.29) is 11.9 Å². The molecule has 5 nitrogen and oxygen atoms in total. The van der Waals surface area contributed by atoms with E-state index in [1.165, 1.54) is 5.57 Å². The van der Waals surface area contributed by atoms with Gasteiger partial charge in [-0.15, -0.1) is 0 Å². The normalized spacial score (nSPS) is 15.1. The number of hydrogen-bond donors (Lipinski definition) is 1. The Hall–Kier alpha value is -2.66. The van der Waals surface area contributed by atoms with E-state index < -0.39 is 0 Å². The van der Waals surface area contributed by atoms with E-state index in [2.05, 4.69) is 35.1 Å². The lowest BCUT2D eigenvalue weighted by Gasteiger charge is -2.31. The second kappa shape index (κ2) is 10.0. The Morgan fingerprint density at radius 2 is 1.96 bits per heavy atom. The summed E-state index contributed by atoms with van der Waals surface area (Å²) in [6.07, 6.45) is 5.83. The SMILES string of the molecule is CC(C)=CCN1CCC(NC(=O)c2ccnc(OCc3ccccc3)c2)CC1. The summed E-state index contributed by atoms with van der Waals surface area (Å²) in [5, 5.41) is 3.16. The summed E-state index contributed by atoms with van der Waals surface area (Å²) < 4.78 is 5.73. The zero-order valence-electron chi connectivity index (χ0n) is 16.7. The molecular formula is C23H29N3O2. The Morgan fingerprint density at radius 3 is 2.68 bits per heavy atom. The Kier molecular flexibility index (Phi) is 7.20. The highest BCUT2D eigenvalue weighted by Gasteiger charge is 2.20. The van der Waals surface area contributed by atoms with Gasteiger partial charge in [0.05, 0.1) is 0 Å². The smallest absolute Gasteiger partial charge is 0.251 e. The minimum absolute atomic E-state index is 0.0605. The van der Waals surface area contributed by atoms with Crippen LogP contribution in [0, 0.1) is 0 Å². The molecule has 0 saturated carbocycles. The first-order chi connectivity index (χ1) is 13.6. The first-order valence-corrected chi connectivity index (χ1v) is 9.89. The van der Waals surface area contributed by atoms with Crippen molar-refractivity contribution in [2.45, 2.75) is 39.3 Å². The van der Waals surface area contributed by atoms with E-state index >= 15 is 0 Å². The second-order valence-corrected chi connectivity index (χ2v) is 7.49. The van der Waals surface area contributed by atoms with Gasteiger partial charge in [0.15, 0.2) is 0 Å². The summed E-state index contributed by atoms with van der Waals surface area (Å²) in [5.41, 5.74) is 3.00. The number of benzene rings is 1. The number of nitrogens with zero attached hydrogens (tertiary/aromatic N) is 2. The van der Waals surface area contributed by atoms with Crippen LogP contribution in [0.15, 0.2) is 60.3 Å². The molecule has 0 radical (unpaired) electrons. The number of hydrogen-bond acceptors (Lipinski definition) is 4. The fourth-order valence-corrected chi connectivity index (χ4v) is 3.20. The Balaban J connectivity index is 1.49. The number of ether oxygens (including phenoxy) is 1. The van der Waals surface area contributed by atoms with Crippen LogP contribution in [0.5, 0.6) is 5.88 Å². The number of piperidine rings is 1. The van der Waals surface area contributed by atoms with E-state index in [1.807, 2.05) is 30.3 Å². The predicted molar refractivity (Wildman–Crippen MR) is 111 cm³/mol. The molecule has 0 spiro atoms. The highest BCUT2D eigenvalue weighted by Crippen LogP contribution is 2.14. The Labute approximate surface area is 167 Å². The zero-order valence-corrected chi connectivity index (χ0v) is 16.7. The van der Waals surface area contributed by atoms with E-state index in [4.69, 9.17) is 4.74 Å². The van der Waals surface area contributed by atoms with Crippen molar-refractivity contribution in [2.75, 3.05) is 19.6 Å². The molecule has 0 unspecified atom stereocenters. The zero-order chi connectivity index (χ0) is 19.8. The van der Waals surface area contributed by atoms with Crippen LogP contribution in [0.3, 0.4) is 0 Å². The predicted octanol–water partition coefficient (Wildman–Crippen LogP) is 3.82. The summed E-state index contributed by atoms with van der Waals surface area (Å²) >= 11 is 0. The number of carbonyl (C=O) groups excluding carboxylic acids is 1. The monoisotopic (exact) mass is 379 g/mol. The van der Waals surface area contributed by atoms with Crippen LogP contribution in [0.25, 0.3) is 0 Å². The van der Waals surface area contributed by atoms with Gasteiger partial charge in [-0.05, 0) is 38.3 Å². The standard InChI is InChI=1S/C23H29N3O2/c1-18(2)9-13-26-14-10-21(11-15-26)25-23(27)20-8-12-24-22(16-20)28-17-19-6-4-3-5-7-19/h3-9,12,16,21H,10-11,13-15,17H2,1-2H3,(H,25,27). The second-order valence-electron chi connectivity index (χ2n) is 7.49. The van der Waals surface area contributed by atoms with Crippen LogP contribution in [0.4, 0.5) is 0 Å². The van der Waals surface area contributed by atoms with E-state index in [1.54, 1.807) is 18.3 Å². The van der Waals surface area contributed by atoms with Gasteiger partial charge in [-0.1, -0.05) is 42.0 Å². The summed E-state index contributed by atoms with van der Waals surface area (Å²) in [6, 6.07) is 13.6. The third-order valence-corrected chi connectivity index (χ3v) is 4.91. The lowest BCUT2D eigenvalue weighted by molar-refractivity contribution is 0.0913. The largest absolute Gasteiger partial charge is 0.473 e. The van der Waals surface area contributed by atoms with E-state index in [9.17, 15) is 4.79 Å². The lowest BCUT2D eigenvalue weighted by atomic mass is 10.0. The highest BCUT2D eigenvalue weighted by atomic mass is 16.5. The molecule has 1 aliphatic rings. The molecule has 0 bridgehead atoms. The topological polar surface area (TPSA) is 54.5 Å². The molecule has 0 aliphatic carbocycles. The fourth-order valence-electron chi connectivity index (χ4n) is 3.20. The van der Waals surface area contributed by atoms with Gasteiger partial charge in [0.1, 0.15) is 6.61 Å². The van der Waals surface area contributed by atoms with Crippen molar-refractivity contribution in [3.63, 3.8) is 0 Å². The van der Waals surface area contributed by atoms with Gasteiger partial charge in [-0.25, -0.2) is 4.98 Å². The maximum Gasteiger partial charge on any atom is 0.251 e. The van der Waals surface area contributed by atoms with Crippen molar-refractivity contribution in [1.29, 1.82) is 0 Å². The number of aromatic nitrogens is 1. The van der Waals surface area contributed by atoms with Crippen LogP contribution < -0.4 is 10.1 Å². The maximum absolute atomic E-state index is 12.6. The number of nitrogens with one attached hydrogen (secondary N) is 1. The first kappa shape index (κ1) is 20.1. The van der Waals surface area contributed by atoms with Gasteiger partial charge in [-0.3, -0.25) is 9.69 Å². The molecule has 3 rings (SSSR count). The maximum atomic E-state index is 12.6. The van der Waals surface area contributed by atoms with Crippen molar-refractivity contribution in [3.8, 4) is 5.88 Å². The van der Waals surface area contributed by atoms with E-state index in [0.717, 1.165) is 38.0 Å². The van der Waals surface area contributed by atoms with E-state index in [0.29, 0.717) is 18.1 Å². The molecule has 1 fully saturated rings. The van der Waals surface area contributed by atoms with Gasteiger partial charge in [0, 0.05) is 43.5 Å². The van der Waals surface area contributed by atoms with Crippen LogP contribution in [0.1, 0.15) is 42.6 Å². The van der Waals surface area contributed by atoms with Crippen LogP contribution in [-0.4, -0.2) is 41.5 Å². The molecule has 1 N–H and O–H groups in total. The molecule has 1 saturated heterocycles. The molecule has 1 aromatic heterocycles. The number of rotatable bonds is 7. The average molecular weight is 380 g/mol. The van der Waals surface area contributed by atoms with Gasteiger partial charge >= 0.3 is 0 Å². The number of amides is 1. The van der Waals surface area contributed by atoms with Crippen molar-refractivity contribution in [1.82, 2.24) is 15.2 Å². The summed E-state index contributed by atoms with van der Waals surface area (Å²) in [7, 11) is 0. The molecule has 5 heteroatoms. The van der Waals surface area contributed by atoms with Crippen LogP contribution in [0.2, 0.25) is 0 Å². The van der Waals surface area contributed by atoms with Crippen LogP contribution in [-0.2, 0) is 6.61 Å². The molecule has 0 atom stereocenters. The van der Waals surface area contributed by atoms with Gasteiger partial charge in [0.2, 0.25) is 5.88 Å². The summed E-state index contributed by atoms with van der Waals surface area (Å²) in [5.74, 6) is 0.405. The van der Waals surface area contributed by atoms with Gasteiger partial charge in [-0.2, -0.15) is 0 Å². The Bertz CT molecular complexity index is 793. The third kappa shape index (κ3) is 6.20. The molecule has 2 aromatic rings.